The first-order valence-electron chi connectivity index (χ1n) is 5.30. The van der Waals surface area contributed by atoms with Crippen molar-refractivity contribution < 1.29 is 0 Å². The standard InChI is InChI=1S/C11H13Br2N3S/c1-3-16-6-7(5-15-16)10(14-2)9-4-8(12)11(13)17-9/h4-6,10,14H,3H2,1-2H3. The van der Waals surface area contributed by atoms with Crippen LogP contribution in [0.25, 0.3) is 0 Å². The van der Waals surface area contributed by atoms with Gasteiger partial charge in [-0.3, -0.25) is 4.68 Å². The molecular formula is C11H13Br2N3S. The maximum atomic E-state index is 4.32. The normalized spacial score (nSPS) is 12.9. The van der Waals surface area contributed by atoms with E-state index in [0.717, 1.165) is 14.8 Å². The molecule has 1 unspecified atom stereocenters. The number of rotatable bonds is 4. The third-order valence-corrected chi connectivity index (χ3v) is 5.87. The fourth-order valence-electron chi connectivity index (χ4n) is 1.68. The number of hydrogen-bond donors (Lipinski definition) is 1. The molecule has 92 valence electrons. The number of nitrogens with zero attached hydrogens (tertiary/aromatic N) is 2. The van der Waals surface area contributed by atoms with Gasteiger partial charge in [0.05, 0.1) is 16.0 Å². The number of aromatic nitrogens is 2. The summed E-state index contributed by atoms with van der Waals surface area (Å²) in [6.07, 6.45) is 4.01. The van der Waals surface area contributed by atoms with Gasteiger partial charge in [-0.2, -0.15) is 5.10 Å². The molecule has 0 spiro atoms. The first-order chi connectivity index (χ1) is 8.15. The third-order valence-electron chi connectivity index (χ3n) is 2.55. The zero-order valence-corrected chi connectivity index (χ0v) is 13.6. The maximum absolute atomic E-state index is 4.32. The SMILES string of the molecule is CCn1cc(C(NC)c2cc(Br)c(Br)s2)cn1. The topological polar surface area (TPSA) is 29.9 Å². The largest absolute Gasteiger partial charge is 0.309 e. The van der Waals surface area contributed by atoms with Gasteiger partial charge in [0, 0.05) is 27.7 Å². The second-order valence-corrected chi connectivity index (χ2v) is 6.88. The van der Waals surface area contributed by atoms with Gasteiger partial charge in [-0.05, 0) is 51.9 Å². The van der Waals surface area contributed by atoms with Crippen LogP contribution in [-0.2, 0) is 6.54 Å². The highest BCUT2D eigenvalue weighted by Gasteiger charge is 2.17. The van der Waals surface area contributed by atoms with E-state index in [1.165, 1.54) is 10.4 Å². The molecule has 2 aromatic heterocycles. The Morgan fingerprint density at radius 1 is 1.53 bits per heavy atom. The molecule has 0 amide bonds. The summed E-state index contributed by atoms with van der Waals surface area (Å²) in [6.45, 7) is 2.98. The molecule has 3 nitrogen and oxygen atoms in total. The zero-order valence-electron chi connectivity index (χ0n) is 9.58. The Bertz CT molecular complexity index is 487. The summed E-state index contributed by atoms with van der Waals surface area (Å²) in [7, 11) is 1.97. The van der Waals surface area contributed by atoms with Crippen LogP contribution >= 0.6 is 43.2 Å². The lowest BCUT2D eigenvalue weighted by atomic mass is 10.1. The molecule has 0 radical (unpaired) electrons. The quantitative estimate of drug-likeness (QED) is 0.876. The molecule has 0 aliphatic carbocycles. The van der Waals surface area contributed by atoms with Crippen molar-refractivity contribution in [2.24, 2.45) is 0 Å². The highest BCUT2D eigenvalue weighted by molar-refractivity contribution is 9.13. The molecule has 0 saturated heterocycles. The average Bonchev–Trinajstić information content (AvgIpc) is 2.89. The molecule has 0 aromatic carbocycles. The predicted molar refractivity (Wildman–Crippen MR) is 78.5 cm³/mol. The molecule has 1 N–H and O–H groups in total. The van der Waals surface area contributed by atoms with Gasteiger partial charge in [0.1, 0.15) is 0 Å². The Balaban J connectivity index is 2.32. The first kappa shape index (κ1) is 13.3. The average molecular weight is 379 g/mol. The highest BCUT2D eigenvalue weighted by atomic mass is 79.9. The monoisotopic (exact) mass is 377 g/mol. The van der Waals surface area contributed by atoms with Gasteiger partial charge in [0.25, 0.3) is 0 Å². The minimum atomic E-state index is 0.197. The molecular weight excluding hydrogens is 366 g/mol. The van der Waals surface area contributed by atoms with E-state index in [4.69, 9.17) is 0 Å². The second-order valence-electron chi connectivity index (χ2n) is 3.62. The molecule has 0 aliphatic rings. The van der Waals surface area contributed by atoms with Crippen molar-refractivity contribution in [3.05, 3.63) is 37.2 Å². The lowest BCUT2D eigenvalue weighted by Gasteiger charge is -2.11. The summed E-state index contributed by atoms with van der Waals surface area (Å²) in [5.41, 5.74) is 1.19. The van der Waals surface area contributed by atoms with Crippen LogP contribution in [0.2, 0.25) is 0 Å². The molecule has 2 heterocycles. The highest BCUT2D eigenvalue weighted by Crippen LogP contribution is 2.37. The van der Waals surface area contributed by atoms with Crippen LogP contribution in [0.1, 0.15) is 23.4 Å². The van der Waals surface area contributed by atoms with Gasteiger partial charge in [0.15, 0.2) is 0 Å². The van der Waals surface area contributed by atoms with E-state index in [1.54, 1.807) is 11.3 Å². The number of thiophene rings is 1. The van der Waals surface area contributed by atoms with Crippen LogP contribution in [-0.4, -0.2) is 16.8 Å². The van der Waals surface area contributed by atoms with Gasteiger partial charge < -0.3 is 5.32 Å². The molecule has 0 aliphatic heterocycles. The van der Waals surface area contributed by atoms with E-state index in [2.05, 4.69) is 61.5 Å². The van der Waals surface area contributed by atoms with E-state index >= 15 is 0 Å². The minimum absolute atomic E-state index is 0.197. The molecule has 17 heavy (non-hydrogen) atoms. The van der Waals surface area contributed by atoms with Crippen molar-refractivity contribution in [1.82, 2.24) is 15.1 Å². The predicted octanol–water partition coefficient (Wildman–Crippen LogP) is 3.80. The lowest BCUT2D eigenvalue weighted by Crippen LogP contribution is -2.15. The van der Waals surface area contributed by atoms with Crippen LogP contribution in [0.5, 0.6) is 0 Å². The summed E-state index contributed by atoms with van der Waals surface area (Å²) in [5.74, 6) is 0. The van der Waals surface area contributed by atoms with Crippen molar-refractivity contribution in [3.8, 4) is 0 Å². The van der Waals surface area contributed by atoms with Crippen molar-refractivity contribution >= 4 is 43.2 Å². The smallest absolute Gasteiger partial charge is 0.0843 e. The fourth-order valence-corrected chi connectivity index (χ4v) is 3.91. The van der Waals surface area contributed by atoms with Crippen LogP contribution < -0.4 is 5.32 Å². The molecule has 0 fully saturated rings. The lowest BCUT2D eigenvalue weighted by molar-refractivity contribution is 0.655. The number of halogens is 2. The van der Waals surface area contributed by atoms with Crippen molar-refractivity contribution in [1.29, 1.82) is 0 Å². The molecule has 0 bridgehead atoms. The summed E-state index contributed by atoms with van der Waals surface area (Å²) >= 11 is 8.78. The van der Waals surface area contributed by atoms with E-state index < -0.39 is 0 Å². The van der Waals surface area contributed by atoms with Gasteiger partial charge in [-0.25, -0.2) is 0 Å². The van der Waals surface area contributed by atoms with Crippen molar-refractivity contribution in [2.75, 3.05) is 7.05 Å². The molecule has 6 heteroatoms. The van der Waals surface area contributed by atoms with Crippen LogP contribution in [0.15, 0.2) is 26.7 Å². The van der Waals surface area contributed by atoms with Crippen LogP contribution in [0.3, 0.4) is 0 Å². The summed E-state index contributed by atoms with van der Waals surface area (Å²) < 4.78 is 4.16. The van der Waals surface area contributed by atoms with Crippen molar-refractivity contribution in [2.45, 2.75) is 19.5 Å². The van der Waals surface area contributed by atoms with E-state index in [-0.39, 0.29) is 6.04 Å². The summed E-state index contributed by atoms with van der Waals surface area (Å²) in [5, 5.41) is 7.64. The van der Waals surface area contributed by atoms with Gasteiger partial charge in [-0.15, -0.1) is 11.3 Å². The van der Waals surface area contributed by atoms with Gasteiger partial charge in [-0.1, -0.05) is 0 Å². The maximum Gasteiger partial charge on any atom is 0.0843 e. The zero-order chi connectivity index (χ0) is 12.4. The molecule has 0 saturated carbocycles. The Morgan fingerprint density at radius 3 is 2.76 bits per heavy atom. The van der Waals surface area contributed by atoms with E-state index in [9.17, 15) is 0 Å². The van der Waals surface area contributed by atoms with E-state index in [1.807, 2.05) is 17.9 Å². The molecule has 1 atom stereocenters. The van der Waals surface area contributed by atoms with Crippen LogP contribution in [0.4, 0.5) is 0 Å². The second kappa shape index (κ2) is 5.65. The number of aryl methyl sites for hydroxylation is 1. The third kappa shape index (κ3) is 2.81. The Morgan fingerprint density at radius 2 is 2.29 bits per heavy atom. The Hall–Kier alpha value is -0.170. The summed E-state index contributed by atoms with van der Waals surface area (Å²) in [4.78, 5) is 1.27. The fraction of sp³-hybridized carbons (Fsp3) is 0.364. The molecule has 2 rings (SSSR count). The Kier molecular flexibility index (Phi) is 4.41. The van der Waals surface area contributed by atoms with E-state index in [0.29, 0.717) is 0 Å². The first-order valence-corrected chi connectivity index (χ1v) is 7.70. The number of nitrogens with one attached hydrogen (secondary N) is 1. The van der Waals surface area contributed by atoms with Gasteiger partial charge >= 0.3 is 0 Å². The van der Waals surface area contributed by atoms with Crippen LogP contribution in [0, 0.1) is 0 Å². The minimum Gasteiger partial charge on any atom is -0.309 e. The van der Waals surface area contributed by atoms with Gasteiger partial charge in [0.2, 0.25) is 0 Å². The molecule has 2 aromatic rings. The summed E-state index contributed by atoms with van der Waals surface area (Å²) in [6, 6.07) is 2.34. The number of hydrogen-bond acceptors (Lipinski definition) is 3. The Labute approximate surface area is 121 Å². The van der Waals surface area contributed by atoms with Crippen molar-refractivity contribution in [3.63, 3.8) is 0 Å².